The average Bonchev–Trinajstić information content (AvgIpc) is 4.11. The summed E-state index contributed by atoms with van der Waals surface area (Å²) in [4.78, 5) is 37.7. The van der Waals surface area contributed by atoms with Gasteiger partial charge < -0.3 is 0 Å². The molecule has 9 rings (SSSR count). The van der Waals surface area contributed by atoms with Gasteiger partial charge in [0.1, 0.15) is 0 Å². The molecule has 0 N–H and O–H groups in total. The van der Waals surface area contributed by atoms with Crippen LogP contribution in [0.25, 0.3) is 67.4 Å². The van der Waals surface area contributed by atoms with Crippen molar-refractivity contribution < 1.29 is 9.59 Å². The number of benzene rings is 5. The summed E-state index contributed by atoms with van der Waals surface area (Å²) in [7, 11) is 0. The van der Waals surface area contributed by atoms with Crippen molar-refractivity contribution in [2.75, 3.05) is 0 Å². The van der Waals surface area contributed by atoms with Gasteiger partial charge in [0.15, 0.2) is 11.6 Å². The van der Waals surface area contributed by atoms with Gasteiger partial charge in [0.2, 0.25) is 10.3 Å². The Bertz CT molecular complexity index is 2810. The molecule has 0 aliphatic rings. The van der Waals surface area contributed by atoms with Gasteiger partial charge in [-0.2, -0.15) is 10.2 Å². The monoisotopic (exact) mass is 816 g/mol. The number of aryl methyl sites for hydroxylation is 2. The number of hydrogen-bond donors (Lipinski definition) is 0. The zero-order valence-electron chi connectivity index (χ0n) is 32.6. The van der Waals surface area contributed by atoms with Gasteiger partial charge in [-0.1, -0.05) is 180 Å². The number of rotatable bonds is 12. The minimum Gasteiger partial charge on any atom is -0.288 e. The van der Waals surface area contributed by atoms with Crippen LogP contribution in [0.2, 0.25) is 0 Å². The molecule has 60 heavy (non-hydrogen) atoms. The van der Waals surface area contributed by atoms with Crippen LogP contribution in [0.1, 0.15) is 41.9 Å². The smallest absolute Gasteiger partial charge is 0.211 e. The van der Waals surface area contributed by atoms with Gasteiger partial charge in [-0.05, 0) is 49.3 Å². The lowest BCUT2D eigenvalue weighted by Gasteiger charge is -2.03. The van der Waals surface area contributed by atoms with E-state index in [2.05, 4.69) is 12.1 Å². The molecule has 0 radical (unpaired) electrons. The van der Waals surface area contributed by atoms with Crippen molar-refractivity contribution in [3.05, 3.63) is 202 Å². The van der Waals surface area contributed by atoms with E-state index in [-0.39, 0.29) is 11.6 Å². The van der Waals surface area contributed by atoms with Crippen molar-refractivity contribution in [3.63, 3.8) is 0 Å². The molecule has 8 nitrogen and oxygen atoms in total. The Morgan fingerprint density at radius 1 is 0.467 bits per heavy atom. The van der Waals surface area contributed by atoms with E-state index in [4.69, 9.17) is 20.2 Å². The van der Waals surface area contributed by atoms with Gasteiger partial charge in [-0.3, -0.25) is 9.59 Å². The van der Waals surface area contributed by atoms with Crippen molar-refractivity contribution >= 4 is 46.4 Å². The number of hydrogen-bond acceptors (Lipinski definition) is 8. The summed E-state index contributed by atoms with van der Waals surface area (Å²) in [6.07, 6.45) is 6.73. The third-order valence-corrected chi connectivity index (χ3v) is 12.2. The minimum absolute atomic E-state index is 0.135. The van der Waals surface area contributed by atoms with E-state index >= 15 is 0 Å². The zero-order valence-corrected chi connectivity index (χ0v) is 34.3. The largest absolute Gasteiger partial charge is 0.288 e. The zero-order chi connectivity index (χ0) is 41.0. The maximum absolute atomic E-state index is 13.5. The second kappa shape index (κ2) is 16.8. The number of aromatic nitrogens is 6. The van der Waals surface area contributed by atoms with Gasteiger partial charge in [0.05, 0.1) is 43.9 Å². The Morgan fingerprint density at radius 2 is 0.800 bits per heavy atom. The molecular weight excluding hydrogens is 781 g/mol. The van der Waals surface area contributed by atoms with E-state index < -0.39 is 0 Å². The van der Waals surface area contributed by atoms with E-state index in [0.717, 1.165) is 56.2 Å². The topological polar surface area (TPSA) is 95.6 Å². The van der Waals surface area contributed by atoms with Crippen molar-refractivity contribution in [2.45, 2.75) is 13.8 Å². The fourth-order valence-electron chi connectivity index (χ4n) is 6.80. The fraction of sp³-hybridized carbons (Fsp3) is 0.0400. The van der Waals surface area contributed by atoms with Crippen molar-refractivity contribution in [3.8, 4) is 55.3 Å². The molecule has 10 heteroatoms. The van der Waals surface area contributed by atoms with Crippen LogP contribution in [0.3, 0.4) is 0 Å². The highest BCUT2D eigenvalue weighted by atomic mass is 32.1. The number of carbonyl (C=O) groups excluding carboxylic acids is 2. The Kier molecular flexibility index (Phi) is 10.7. The predicted molar refractivity (Wildman–Crippen MR) is 243 cm³/mol. The van der Waals surface area contributed by atoms with Gasteiger partial charge in [-0.15, -0.1) is 0 Å². The summed E-state index contributed by atoms with van der Waals surface area (Å²) in [5, 5.41) is 11.1. The molecule has 0 aliphatic carbocycles. The number of allylic oxidation sites excluding steroid dienone is 2. The highest BCUT2D eigenvalue weighted by molar-refractivity contribution is 7.16. The van der Waals surface area contributed by atoms with Crippen molar-refractivity contribution in [1.82, 2.24) is 29.5 Å². The van der Waals surface area contributed by atoms with Gasteiger partial charge >= 0.3 is 0 Å². The van der Waals surface area contributed by atoms with E-state index in [1.165, 1.54) is 22.7 Å². The van der Waals surface area contributed by atoms with Crippen LogP contribution in [0.5, 0.6) is 0 Å². The molecule has 0 fully saturated rings. The second-order valence-corrected chi connectivity index (χ2v) is 16.0. The summed E-state index contributed by atoms with van der Waals surface area (Å²) in [5.74, 6) is -0.270. The SMILES string of the molecule is Cc1nc(-n2nc(-c3ccccc3)cc2-c2ccccc2)sc1C(=O)/C=C\c1ccc(/C=C\C(=O)c2sc(-n3nc(-c4ccccc4)cc3-c3ccccc3)nc2C)cc1. The van der Waals surface area contributed by atoms with E-state index in [1.807, 2.05) is 169 Å². The predicted octanol–water partition coefficient (Wildman–Crippen LogP) is 12.0. The Labute approximate surface area is 355 Å². The second-order valence-electron chi connectivity index (χ2n) is 14.0. The molecule has 4 aromatic heterocycles. The molecule has 0 saturated carbocycles. The van der Waals surface area contributed by atoms with Crippen LogP contribution in [0.15, 0.2) is 170 Å². The maximum Gasteiger partial charge on any atom is 0.211 e. The molecule has 0 spiro atoms. The minimum atomic E-state index is -0.135. The van der Waals surface area contributed by atoms with Gasteiger partial charge in [0.25, 0.3) is 0 Å². The molecule has 0 atom stereocenters. The fourth-order valence-corrected chi connectivity index (χ4v) is 8.70. The number of ketones is 2. The Balaban J connectivity index is 0.899. The summed E-state index contributed by atoms with van der Waals surface area (Å²) < 4.78 is 3.65. The number of carbonyl (C=O) groups is 2. The molecule has 0 bridgehead atoms. The Morgan fingerprint density at radius 3 is 1.15 bits per heavy atom. The normalized spacial score (nSPS) is 11.5. The molecular formula is C50H36N6O2S2. The summed E-state index contributed by atoms with van der Waals surface area (Å²) in [5.41, 5.74) is 10.4. The molecule has 0 saturated heterocycles. The average molecular weight is 817 g/mol. The number of thiazole rings is 2. The summed E-state index contributed by atoms with van der Waals surface area (Å²) in [6.45, 7) is 3.70. The number of nitrogens with zero attached hydrogens (tertiary/aromatic N) is 6. The summed E-state index contributed by atoms with van der Waals surface area (Å²) in [6, 6.07) is 51.9. The van der Waals surface area contributed by atoms with Crippen molar-refractivity contribution in [1.29, 1.82) is 0 Å². The van der Waals surface area contributed by atoms with Crippen LogP contribution >= 0.6 is 22.7 Å². The lowest BCUT2D eigenvalue weighted by molar-refractivity contribution is 0.104. The highest BCUT2D eigenvalue weighted by Gasteiger charge is 2.21. The van der Waals surface area contributed by atoms with Crippen LogP contribution in [-0.4, -0.2) is 41.1 Å². The molecule has 9 aromatic rings. The first-order chi connectivity index (χ1) is 29.4. The van der Waals surface area contributed by atoms with Gasteiger partial charge in [0, 0.05) is 22.3 Å². The molecule has 4 heterocycles. The van der Waals surface area contributed by atoms with E-state index in [1.54, 1.807) is 24.3 Å². The quantitative estimate of drug-likeness (QED) is 0.0900. The lowest BCUT2D eigenvalue weighted by Crippen LogP contribution is -1.98. The van der Waals surface area contributed by atoms with Crippen molar-refractivity contribution in [2.24, 2.45) is 0 Å². The summed E-state index contributed by atoms with van der Waals surface area (Å²) >= 11 is 2.65. The van der Waals surface area contributed by atoms with Crippen LogP contribution < -0.4 is 0 Å². The molecule has 0 amide bonds. The third kappa shape index (κ3) is 8.02. The highest BCUT2D eigenvalue weighted by Crippen LogP contribution is 2.33. The molecule has 0 unspecified atom stereocenters. The molecule has 290 valence electrons. The standard InChI is InChI=1S/C50H36N6O2S2/c1-33-47(59-49(51-33)55-43(39-19-11-5-12-20-39)31-41(53-55)37-15-7-3-8-16-37)45(57)29-27-35-23-25-36(26-24-35)28-30-46(58)48-34(2)52-50(60-48)56-44(40-21-13-6-14-22-40)32-42(54-56)38-17-9-4-10-18-38/h3-32H,1-2H3/b29-27-,30-28-. The first kappa shape index (κ1) is 38.1. The maximum atomic E-state index is 13.5. The Hall–Kier alpha value is -7.40. The molecule has 0 aliphatic heterocycles. The van der Waals surface area contributed by atoms with E-state index in [0.29, 0.717) is 31.4 Å². The lowest BCUT2D eigenvalue weighted by atomic mass is 10.1. The van der Waals surface area contributed by atoms with Gasteiger partial charge in [-0.25, -0.2) is 19.3 Å². The first-order valence-corrected chi connectivity index (χ1v) is 20.9. The third-order valence-electron chi connectivity index (χ3n) is 9.87. The van der Waals surface area contributed by atoms with Crippen LogP contribution in [0, 0.1) is 13.8 Å². The van der Waals surface area contributed by atoms with Crippen LogP contribution in [-0.2, 0) is 0 Å². The van der Waals surface area contributed by atoms with Crippen LogP contribution in [0.4, 0.5) is 0 Å². The first-order valence-electron chi connectivity index (χ1n) is 19.3. The molecule has 5 aromatic carbocycles. The van der Waals surface area contributed by atoms with E-state index in [9.17, 15) is 9.59 Å².